The molecule has 0 aromatic heterocycles. The Labute approximate surface area is 84.6 Å². The molecular formula is C12H15NO. The second-order valence-corrected chi connectivity index (χ2v) is 3.70. The number of nitrogens with zero attached hydrogens (tertiary/aromatic N) is 1. The molecule has 1 aliphatic rings. The van der Waals surface area contributed by atoms with Crippen molar-refractivity contribution in [1.29, 1.82) is 0 Å². The van der Waals surface area contributed by atoms with Crippen molar-refractivity contribution in [3.63, 3.8) is 0 Å². The Morgan fingerprint density at radius 1 is 1.21 bits per heavy atom. The molecule has 1 aliphatic heterocycles. The third kappa shape index (κ3) is 1.36. The summed E-state index contributed by atoms with van der Waals surface area (Å²) >= 11 is 0. The van der Waals surface area contributed by atoms with Crippen LogP contribution in [0.3, 0.4) is 0 Å². The molecule has 0 radical (unpaired) electrons. The van der Waals surface area contributed by atoms with E-state index in [2.05, 4.69) is 31.0 Å². The SMILES string of the molecule is CN=C1COCc2ccc(C)c(C)c21. The van der Waals surface area contributed by atoms with E-state index in [4.69, 9.17) is 4.74 Å². The van der Waals surface area contributed by atoms with Crippen molar-refractivity contribution in [3.05, 3.63) is 34.4 Å². The lowest BCUT2D eigenvalue weighted by molar-refractivity contribution is 0.152. The van der Waals surface area contributed by atoms with Crippen LogP contribution in [0.15, 0.2) is 17.1 Å². The Hall–Kier alpha value is -1.15. The lowest BCUT2D eigenvalue weighted by atomic mass is 9.93. The minimum atomic E-state index is 0.647. The summed E-state index contributed by atoms with van der Waals surface area (Å²) in [5.41, 5.74) is 6.31. The Bertz CT molecular complexity index is 394. The van der Waals surface area contributed by atoms with Gasteiger partial charge in [0.05, 0.1) is 18.9 Å². The monoisotopic (exact) mass is 189 g/mol. The molecule has 0 amide bonds. The zero-order valence-corrected chi connectivity index (χ0v) is 8.92. The van der Waals surface area contributed by atoms with Crippen molar-refractivity contribution in [3.8, 4) is 0 Å². The number of aryl methyl sites for hydroxylation is 1. The summed E-state index contributed by atoms with van der Waals surface area (Å²) in [7, 11) is 1.83. The summed E-state index contributed by atoms with van der Waals surface area (Å²) in [6.07, 6.45) is 0. The highest BCUT2D eigenvalue weighted by Crippen LogP contribution is 2.23. The average molecular weight is 189 g/mol. The van der Waals surface area contributed by atoms with Gasteiger partial charge in [0.25, 0.3) is 0 Å². The summed E-state index contributed by atoms with van der Waals surface area (Å²) in [5.74, 6) is 0. The first-order valence-corrected chi connectivity index (χ1v) is 4.87. The molecule has 0 saturated heterocycles. The van der Waals surface area contributed by atoms with Gasteiger partial charge in [0.2, 0.25) is 0 Å². The molecule has 14 heavy (non-hydrogen) atoms. The van der Waals surface area contributed by atoms with Crippen LogP contribution in [0.4, 0.5) is 0 Å². The van der Waals surface area contributed by atoms with E-state index in [1.807, 2.05) is 7.05 Å². The largest absolute Gasteiger partial charge is 0.370 e. The van der Waals surface area contributed by atoms with Crippen molar-refractivity contribution < 1.29 is 4.74 Å². The van der Waals surface area contributed by atoms with Crippen LogP contribution in [-0.4, -0.2) is 19.4 Å². The molecule has 0 N–H and O–H groups in total. The van der Waals surface area contributed by atoms with Gasteiger partial charge < -0.3 is 4.74 Å². The van der Waals surface area contributed by atoms with Gasteiger partial charge in [-0.15, -0.1) is 0 Å². The maximum atomic E-state index is 5.46. The van der Waals surface area contributed by atoms with Crippen molar-refractivity contribution in [2.24, 2.45) is 4.99 Å². The molecule has 0 atom stereocenters. The van der Waals surface area contributed by atoms with Crippen LogP contribution in [0.2, 0.25) is 0 Å². The molecule has 0 saturated carbocycles. The number of rotatable bonds is 0. The predicted molar refractivity (Wildman–Crippen MR) is 58.0 cm³/mol. The number of hydrogen-bond acceptors (Lipinski definition) is 2. The molecule has 0 unspecified atom stereocenters. The van der Waals surface area contributed by atoms with Crippen LogP contribution in [0.1, 0.15) is 22.3 Å². The van der Waals surface area contributed by atoms with E-state index >= 15 is 0 Å². The maximum Gasteiger partial charge on any atom is 0.0894 e. The van der Waals surface area contributed by atoms with Gasteiger partial charge >= 0.3 is 0 Å². The Kier molecular flexibility index (Phi) is 2.38. The highest BCUT2D eigenvalue weighted by Gasteiger charge is 2.17. The van der Waals surface area contributed by atoms with Crippen LogP contribution >= 0.6 is 0 Å². The predicted octanol–water partition coefficient (Wildman–Crippen LogP) is 2.25. The van der Waals surface area contributed by atoms with Crippen LogP contribution in [0.25, 0.3) is 0 Å². The van der Waals surface area contributed by atoms with Gasteiger partial charge in [0.1, 0.15) is 0 Å². The summed E-state index contributed by atoms with van der Waals surface area (Å²) in [6.45, 7) is 5.66. The first kappa shape index (κ1) is 9.41. The van der Waals surface area contributed by atoms with Crippen LogP contribution in [0.5, 0.6) is 0 Å². The number of aliphatic imine (C=N–C) groups is 1. The minimum Gasteiger partial charge on any atom is -0.370 e. The highest BCUT2D eigenvalue weighted by atomic mass is 16.5. The lowest BCUT2D eigenvalue weighted by Gasteiger charge is -2.21. The number of hydrogen-bond donors (Lipinski definition) is 0. The summed E-state index contributed by atoms with van der Waals surface area (Å²) < 4.78 is 5.46. The van der Waals surface area contributed by atoms with Gasteiger partial charge in [-0.25, -0.2) is 0 Å². The molecule has 74 valence electrons. The topological polar surface area (TPSA) is 21.6 Å². The molecule has 1 aromatic rings. The first-order valence-electron chi connectivity index (χ1n) is 4.87. The molecule has 1 heterocycles. The van der Waals surface area contributed by atoms with Crippen molar-refractivity contribution >= 4 is 5.71 Å². The van der Waals surface area contributed by atoms with Crippen molar-refractivity contribution in [2.45, 2.75) is 20.5 Å². The van der Waals surface area contributed by atoms with E-state index in [-0.39, 0.29) is 0 Å². The molecule has 1 aromatic carbocycles. The molecule has 2 rings (SSSR count). The quantitative estimate of drug-likeness (QED) is 0.613. The highest BCUT2D eigenvalue weighted by molar-refractivity contribution is 6.04. The van der Waals surface area contributed by atoms with Crippen LogP contribution in [0, 0.1) is 13.8 Å². The van der Waals surface area contributed by atoms with Crippen molar-refractivity contribution in [1.82, 2.24) is 0 Å². The van der Waals surface area contributed by atoms with E-state index < -0.39 is 0 Å². The fraction of sp³-hybridized carbons (Fsp3) is 0.417. The average Bonchev–Trinajstić information content (AvgIpc) is 2.23. The zero-order chi connectivity index (χ0) is 10.1. The zero-order valence-electron chi connectivity index (χ0n) is 8.92. The van der Waals surface area contributed by atoms with Gasteiger partial charge in [-0.1, -0.05) is 12.1 Å². The van der Waals surface area contributed by atoms with E-state index in [0.717, 1.165) is 12.3 Å². The smallest absolute Gasteiger partial charge is 0.0894 e. The Balaban J connectivity index is 2.65. The van der Waals surface area contributed by atoms with Crippen LogP contribution in [-0.2, 0) is 11.3 Å². The molecule has 2 nitrogen and oxygen atoms in total. The fourth-order valence-electron chi connectivity index (χ4n) is 1.90. The van der Waals surface area contributed by atoms with Gasteiger partial charge in [0, 0.05) is 12.6 Å². The lowest BCUT2D eigenvalue weighted by Crippen LogP contribution is -2.20. The van der Waals surface area contributed by atoms with Crippen LogP contribution < -0.4 is 0 Å². The summed E-state index contributed by atoms with van der Waals surface area (Å²) in [4.78, 5) is 4.28. The molecule has 0 fully saturated rings. The molecule has 0 spiro atoms. The van der Waals surface area contributed by atoms with Gasteiger partial charge in [-0.05, 0) is 30.5 Å². The van der Waals surface area contributed by atoms with E-state index in [9.17, 15) is 0 Å². The normalized spacial score (nSPS) is 18.4. The minimum absolute atomic E-state index is 0.647. The Morgan fingerprint density at radius 3 is 2.71 bits per heavy atom. The Morgan fingerprint density at radius 2 is 2.00 bits per heavy atom. The summed E-state index contributed by atoms with van der Waals surface area (Å²) in [5, 5.41) is 0. The standard InChI is InChI=1S/C12H15NO/c1-8-4-5-10-6-14-7-11(13-3)12(10)9(8)2/h4-5H,6-7H2,1-3H3. The number of ether oxygens (including phenoxy) is 1. The van der Waals surface area contributed by atoms with Gasteiger partial charge in [0.15, 0.2) is 0 Å². The van der Waals surface area contributed by atoms with E-state index in [1.54, 1.807) is 0 Å². The summed E-state index contributed by atoms with van der Waals surface area (Å²) in [6, 6.07) is 4.29. The third-order valence-corrected chi connectivity index (χ3v) is 2.88. The molecule has 0 bridgehead atoms. The maximum absolute atomic E-state index is 5.46. The third-order valence-electron chi connectivity index (χ3n) is 2.88. The van der Waals surface area contributed by atoms with Gasteiger partial charge in [-0.2, -0.15) is 0 Å². The number of fused-ring (bicyclic) bond motifs is 1. The van der Waals surface area contributed by atoms with Gasteiger partial charge in [-0.3, -0.25) is 4.99 Å². The molecule has 2 heteroatoms. The first-order chi connectivity index (χ1) is 6.74. The number of benzene rings is 1. The molecular weight excluding hydrogens is 174 g/mol. The second-order valence-electron chi connectivity index (χ2n) is 3.70. The molecule has 0 aliphatic carbocycles. The van der Waals surface area contributed by atoms with Crippen molar-refractivity contribution in [2.75, 3.05) is 13.7 Å². The fourth-order valence-corrected chi connectivity index (χ4v) is 1.90. The van der Waals surface area contributed by atoms with E-state index in [0.29, 0.717) is 6.61 Å². The van der Waals surface area contributed by atoms with E-state index in [1.165, 1.54) is 22.3 Å². The second kappa shape index (κ2) is 3.54.